The lowest BCUT2D eigenvalue weighted by atomic mass is 10.0. The molecular formula is C27H30N2O3S. The van der Waals surface area contributed by atoms with Crippen molar-refractivity contribution >= 4 is 28.8 Å². The Hall–Kier alpha value is -3.12. The van der Waals surface area contributed by atoms with E-state index in [4.69, 9.17) is 4.74 Å². The number of hydrogen-bond donors (Lipinski definition) is 1. The van der Waals surface area contributed by atoms with Crippen molar-refractivity contribution in [3.8, 4) is 5.75 Å². The van der Waals surface area contributed by atoms with Crippen molar-refractivity contribution in [2.45, 2.75) is 51.1 Å². The third-order valence-electron chi connectivity index (χ3n) is 6.07. The molecule has 0 bridgehead atoms. The second-order valence-electron chi connectivity index (χ2n) is 8.53. The molecule has 0 radical (unpaired) electrons. The summed E-state index contributed by atoms with van der Waals surface area (Å²) < 4.78 is 5.43. The van der Waals surface area contributed by atoms with Gasteiger partial charge in [-0.2, -0.15) is 0 Å². The molecule has 1 heterocycles. The molecule has 0 saturated heterocycles. The molecule has 0 spiro atoms. The molecular weight excluding hydrogens is 432 g/mol. The zero-order valence-corrected chi connectivity index (χ0v) is 19.9. The third kappa shape index (κ3) is 5.63. The standard InChI is InChI=1S/C27H30N2O3S/c1-19-8-5-12-22(16-19)29(25(30)18-24-14-7-15-33-24)26(20-9-6-13-23(17-20)32-2)27(31)28-21-10-3-4-11-21/h5-9,12-17,21,26H,3-4,10-11,18H2,1-2H3,(H,28,31)/t26-/m1/s1. The lowest BCUT2D eigenvalue weighted by Gasteiger charge is -2.32. The number of nitrogens with zero attached hydrogens (tertiary/aromatic N) is 1. The maximum absolute atomic E-state index is 13.8. The fraction of sp³-hybridized carbons (Fsp3) is 0.333. The second-order valence-corrected chi connectivity index (χ2v) is 9.56. The van der Waals surface area contributed by atoms with E-state index in [1.807, 2.05) is 73.0 Å². The highest BCUT2D eigenvalue weighted by molar-refractivity contribution is 7.10. The monoisotopic (exact) mass is 462 g/mol. The number of amides is 2. The molecule has 0 aliphatic heterocycles. The molecule has 1 aromatic heterocycles. The highest BCUT2D eigenvalue weighted by Crippen LogP contribution is 2.32. The van der Waals surface area contributed by atoms with E-state index in [0.717, 1.165) is 41.7 Å². The number of benzene rings is 2. The number of hydrogen-bond acceptors (Lipinski definition) is 4. The molecule has 1 aliphatic carbocycles. The van der Waals surface area contributed by atoms with Crippen molar-refractivity contribution < 1.29 is 14.3 Å². The first-order chi connectivity index (χ1) is 16.0. The van der Waals surface area contributed by atoms with E-state index < -0.39 is 6.04 Å². The fourth-order valence-electron chi connectivity index (χ4n) is 4.44. The molecule has 1 fully saturated rings. The topological polar surface area (TPSA) is 58.6 Å². The first-order valence-corrected chi connectivity index (χ1v) is 12.3. The molecule has 6 heteroatoms. The van der Waals surface area contributed by atoms with Crippen molar-refractivity contribution in [1.29, 1.82) is 0 Å². The highest BCUT2D eigenvalue weighted by atomic mass is 32.1. The van der Waals surface area contributed by atoms with Crippen molar-refractivity contribution in [1.82, 2.24) is 5.32 Å². The van der Waals surface area contributed by atoms with Crippen molar-refractivity contribution in [3.63, 3.8) is 0 Å². The highest BCUT2D eigenvalue weighted by Gasteiger charge is 2.34. The van der Waals surface area contributed by atoms with Gasteiger partial charge in [0.25, 0.3) is 0 Å². The van der Waals surface area contributed by atoms with Crippen LogP contribution in [0.5, 0.6) is 5.75 Å². The molecule has 1 atom stereocenters. The Labute approximate surface area is 199 Å². The summed E-state index contributed by atoms with van der Waals surface area (Å²) in [6, 6.07) is 18.5. The van der Waals surface area contributed by atoms with E-state index >= 15 is 0 Å². The molecule has 172 valence electrons. The summed E-state index contributed by atoms with van der Waals surface area (Å²) in [6.45, 7) is 1.99. The van der Waals surface area contributed by atoms with Gasteiger partial charge in [0.1, 0.15) is 11.8 Å². The first-order valence-electron chi connectivity index (χ1n) is 11.4. The Morgan fingerprint density at radius 3 is 2.58 bits per heavy atom. The van der Waals surface area contributed by atoms with Crippen LogP contribution in [0.2, 0.25) is 0 Å². The Morgan fingerprint density at radius 1 is 1.09 bits per heavy atom. The Kier molecular flexibility index (Phi) is 7.45. The molecule has 2 amide bonds. The third-order valence-corrected chi connectivity index (χ3v) is 6.95. The number of nitrogens with one attached hydrogen (secondary N) is 1. The lowest BCUT2D eigenvalue weighted by Crippen LogP contribution is -2.46. The number of anilines is 1. The van der Waals surface area contributed by atoms with Crippen molar-refractivity contribution in [3.05, 3.63) is 82.0 Å². The normalized spacial score (nSPS) is 14.6. The Morgan fingerprint density at radius 2 is 1.88 bits per heavy atom. The Balaban J connectivity index is 1.78. The van der Waals surface area contributed by atoms with Crippen LogP contribution in [0, 0.1) is 6.92 Å². The van der Waals surface area contributed by atoms with Gasteiger partial charge in [0.05, 0.1) is 13.5 Å². The van der Waals surface area contributed by atoms with Gasteiger partial charge < -0.3 is 10.1 Å². The summed E-state index contributed by atoms with van der Waals surface area (Å²) in [5, 5.41) is 5.19. The van der Waals surface area contributed by atoms with Crippen LogP contribution in [-0.2, 0) is 16.0 Å². The minimum Gasteiger partial charge on any atom is -0.497 e. The number of carbonyl (C=O) groups excluding carboxylic acids is 2. The summed E-state index contributed by atoms with van der Waals surface area (Å²) in [5.74, 6) is 0.384. The SMILES string of the molecule is COc1cccc([C@H](C(=O)NC2CCCC2)N(C(=O)Cc2cccs2)c2cccc(C)c2)c1. The van der Waals surface area contributed by atoms with Gasteiger partial charge >= 0.3 is 0 Å². The van der Waals surface area contributed by atoms with Crippen LogP contribution in [0.15, 0.2) is 66.0 Å². The van der Waals surface area contributed by atoms with Crippen molar-refractivity contribution in [2.75, 3.05) is 12.0 Å². The predicted octanol–water partition coefficient (Wildman–Crippen LogP) is 5.44. The molecule has 2 aromatic carbocycles. The predicted molar refractivity (Wildman–Crippen MR) is 133 cm³/mol. The van der Waals surface area contributed by atoms with Gasteiger partial charge in [-0.3, -0.25) is 14.5 Å². The summed E-state index contributed by atoms with van der Waals surface area (Å²) in [6.07, 6.45) is 4.43. The van der Waals surface area contributed by atoms with E-state index in [-0.39, 0.29) is 24.3 Å². The van der Waals surface area contributed by atoms with Gasteiger partial charge in [0, 0.05) is 16.6 Å². The van der Waals surface area contributed by atoms with E-state index in [1.165, 1.54) is 0 Å². The maximum Gasteiger partial charge on any atom is 0.248 e. The average molecular weight is 463 g/mol. The zero-order chi connectivity index (χ0) is 23.2. The van der Waals surface area contributed by atoms with Crippen LogP contribution in [-0.4, -0.2) is 25.0 Å². The van der Waals surface area contributed by atoms with Gasteiger partial charge in [-0.25, -0.2) is 0 Å². The molecule has 1 aliphatic rings. The number of ether oxygens (including phenoxy) is 1. The van der Waals surface area contributed by atoms with Gasteiger partial charge in [-0.05, 0) is 66.6 Å². The number of methoxy groups -OCH3 is 1. The van der Waals surface area contributed by atoms with Crippen LogP contribution in [0.4, 0.5) is 5.69 Å². The summed E-state index contributed by atoms with van der Waals surface area (Å²) in [4.78, 5) is 30.1. The smallest absolute Gasteiger partial charge is 0.248 e. The largest absolute Gasteiger partial charge is 0.497 e. The molecule has 1 saturated carbocycles. The molecule has 1 N–H and O–H groups in total. The summed E-state index contributed by atoms with van der Waals surface area (Å²) >= 11 is 1.55. The summed E-state index contributed by atoms with van der Waals surface area (Å²) in [7, 11) is 1.60. The molecule has 33 heavy (non-hydrogen) atoms. The Bertz CT molecular complexity index is 1090. The second kappa shape index (κ2) is 10.7. The minimum atomic E-state index is -0.796. The molecule has 3 aromatic rings. The lowest BCUT2D eigenvalue weighted by molar-refractivity contribution is -0.127. The molecule has 4 rings (SSSR count). The van der Waals surface area contributed by atoms with Crippen LogP contribution in [0.1, 0.15) is 47.7 Å². The number of carbonyl (C=O) groups is 2. The van der Waals surface area contributed by atoms with Gasteiger partial charge in [0.15, 0.2) is 0 Å². The maximum atomic E-state index is 13.8. The van der Waals surface area contributed by atoms with Gasteiger partial charge in [-0.1, -0.05) is 43.2 Å². The van der Waals surface area contributed by atoms with E-state index in [9.17, 15) is 9.59 Å². The quantitative estimate of drug-likeness (QED) is 0.485. The first kappa shape index (κ1) is 23.1. The molecule has 0 unspecified atom stereocenters. The number of aryl methyl sites for hydroxylation is 1. The zero-order valence-electron chi connectivity index (χ0n) is 19.1. The van der Waals surface area contributed by atoms with Crippen LogP contribution < -0.4 is 15.0 Å². The summed E-state index contributed by atoms with van der Waals surface area (Å²) in [5.41, 5.74) is 2.47. The molecule has 5 nitrogen and oxygen atoms in total. The van der Waals surface area contributed by atoms with Crippen molar-refractivity contribution in [2.24, 2.45) is 0 Å². The average Bonchev–Trinajstić information content (AvgIpc) is 3.51. The number of rotatable bonds is 8. The van der Waals surface area contributed by atoms with Gasteiger partial charge in [0.2, 0.25) is 11.8 Å². The van der Waals surface area contributed by atoms with E-state index in [0.29, 0.717) is 11.4 Å². The van der Waals surface area contributed by atoms with Crippen LogP contribution in [0.3, 0.4) is 0 Å². The fourth-order valence-corrected chi connectivity index (χ4v) is 5.14. The van der Waals surface area contributed by atoms with E-state index in [1.54, 1.807) is 23.3 Å². The number of thiophene rings is 1. The van der Waals surface area contributed by atoms with Gasteiger partial charge in [-0.15, -0.1) is 11.3 Å². The van der Waals surface area contributed by atoms with Crippen LogP contribution >= 0.6 is 11.3 Å². The minimum absolute atomic E-state index is 0.113. The van der Waals surface area contributed by atoms with Crippen LogP contribution in [0.25, 0.3) is 0 Å². The van der Waals surface area contributed by atoms with E-state index in [2.05, 4.69) is 5.32 Å².